The summed E-state index contributed by atoms with van der Waals surface area (Å²) in [6.45, 7) is 2.79. The number of nitriles is 1. The third kappa shape index (κ3) is 6.48. The van der Waals surface area contributed by atoms with Crippen LogP contribution in [0.5, 0.6) is 0 Å². The van der Waals surface area contributed by atoms with Gasteiger partial charge in [-0.25, -0.2) is 0 Å². The normalized spacial score (nSPS) is 16.7. The SMILES string of the molecule is N#CCCCCNCCOC1CCCC1. The Balaban J connectivity index is 1.75. The van der Waals surface area contributed by atoms with Crippen LogP contribution in [-0.2, 0) is 4.74 Å². The molecule has 15 heavy (non-hydrogen) atoms. The Kier molecular flexibility index (Phi) is 7.24. The van der Waals surface area contributed by atoms with Crippen LogP contribution in [0.25, 0.3) is 0 Å². The summed E-state index contributed by atoms with van der Waals surface area (Å²) in [5.41, 5.74) is 0. The number of unbranched alkanes of at least 4 members (excludes halogenated alkanes) is 2. The van der Waals surface area contributed by atoms with E-state index in [2.05, 4.69) is 11.4 Å². The molecule has 0 aromatic carbocycles. The van der Waals surface area contributed by atoms with E-state index in [-0.39, 0.29) is 0 Å². The van der Waals surface area contributed by atoms with E-state index in [4.69, 9.17) is 10.00 Å². The van der Waals surface area contributed by atoms with Crippen LogP contribution in [0.15, 0.2) is 0 Å². The lowest BCUT2D eigenvalue weighted by Gasteiger charge is -2.11. The number of ether oxygens (including phenoxy) is 1. The molecule has 3 heteroatoms. The lowest BCUT2D eigenvalue weighted by atomic mass is 10.2. The van der Waals surface area contributed by atoms with Crippen LogP contribution in [0, 0.1) is 11.3 Å². The van der Waals surface area contributed by atoms with Gasteiger partial charge >= 0.3 is 0 Å². The van der Waals surface area contributed by atoms with Gasteiger partial charge in [0, 0.05) is 13.0 Å². The first kappa shape index (κ1) is 12.5. The molecular weight excluding hydrogens is 188 g/mol. The van der Waals surface area contributed by atoms with Gasteiger partial charge in [0.2, 0.25) is 0 Å². The molecule has 0 aromatic heterocycles. The zero-order valence-electron chi connectivity index (χ0n) is 9.50. The van der Waals surface area contributed by atoms with E-state index in [9.17, 15) is 0 Å². The van der Waals surface area contributed by atoms with Crippen LogP contribution >= 0.6 is 0 Å². The minimum absolute atomic E-state index is 0.533. The van der Waals surface area contributed by atoms with Crippen molar-refractivity contribution in [3.05, 3.63) is 0 Å². The first-order valence-electron chi connectivity index (χ1n) is 6.13. The predicted octanol–water partition coefficient (Wildman–Crippen LogP) is 2.23. The summed E-state index contributed by atoms with van der Waals surface area (Å²) in [4.78, 5) is 0. The summed E-state index contributed by atoms with van der Waals surface area (Å²) in [5, 5.41) is 11.7. The second-order valence-electron chi connectivity index (χ2n) is 4.14. The zero-order valence-corrected chi connectivity index (χ0v) is 9.50. The quantitative estimate of drug-likeness (QED) is 0.625. The van der Waals surface area contributed by atoms with Gasteiger partial charge in [0.15, 0.2) is 0 Å². The van der Waals surface area contributed by atoms with Gasteiger partial charge < -0.3 is 10.1 Å². The van der Waals surface area contributed by atoms with E-state index < -0.39 is 0 Å². The Morgan fingerprint density at radius 1 is 1.20 bits per heavy atom. The average molecular weight is 210 g/mol. The smallest absolute Gasteiger partial charge is 0.0621 e. The van der Waals surface area contributed by atoms with Gasteiger partial charge in [0.05, 0.1) is 18.8 Å². The molecule has 0 radical (unpaired) electrons. The van der Waals surface area contributed by atoms with Crippen molar-refractivity contribution in [2.45, 2.75) is 51.0 Å². The number of nitrogens with one attached hydrogen (secondary N) is 1. The fourth-order valence-corrected chi connectivity index (χ4v) is 1.93. The first-order valence-corrected chi connectivity index (χ1v) is 6.13. The monoisotopic (exact) mass is 210 g/mol. The van der Waals surface area contributed by atoms with E-state index in [1.54, 1.807) is 0 Å². The summed E-state index contributed by atoms with van der Waals surface area (Å²) in [7, 11) is 0. The number of nitrogens with zero attached hydrogens (tertiary/aromatic N) is 1. The van der Waals surface area contributed by atoms with Gasteiger partial charge in [0.25, 0.3) is 0 Å². The first-order chi connectivity index (χ1) is 7.43. The molecule has 0 bridgehead atoms. The summed E-state index contributed by atoms with van der Waals surface area (Å²) in [6.07, 6.45) is 8.50. The van der Waals surface area contributed by atoms with E-state index in [0.29, 0.717) is 12.5 Å². The van der Waals surface area contributed by atoms with Gasteiger partial charge in [0.1, 0.15) is 0 Å². The van der Waals surface area contributed by atoms with Crippen LogP contribution in [0.3, 0.4) is 0 Å². The molecular formula is C12H22N2O. The topological polar surface area (TPSA) is 45.0 Å². The number of hydrogen-bond donors (Lipinski definition) is 1. The van der Waals surface area contributed by atoms with Crippen molar-refractivity contribution in [1.29, 1.82) is 5.26 Å². The molecule has 0 heterocycles. The molecule has 0 aliphatic heterocycles. The van der Waals surface area contributed by atoms with Gasteiger partial charge in [-0.2, -0.15) is 5.26 Å². The van der Waals surface area contributed by atoms with Crippen LogP contribution in [0.1, 0.15) is 44.9 Å². The van der Waals surface area contributed by atoms with E-state index >= 15 is 0 Å². The lowest BCUT2D eigenvalue weighted by Crippen LogP contribution is -2.23. The molecule has 86 valence electrons. The van der Waals surface area contributed by atoms with Crippen LogP contribution in [-0.4, -0.2) is 25.8 Å². The lowest BCUT2D eigenvalue weighted by molar-refractivity contribution is 0.0604. The van der Waals surface area contributed by atoms with E-state index in [0.717, 1.165) is 32.5 Å². The maximum Gasteiger partial charge on any atom is 0.0621 e. The highest BCUT2D eigenvalue weighted by molar-refractivity contribution is 4.68. The van der Waals surface area contributed by atoms with Gasteiger partial charge in [-0.15, -0.1) is 0 Å². The molecule has 0 atom stereocenters. The molecule has 0 amide bonds. The maximum atomic E-state index is 8.34. The second kappa shape index (κ2) is 8.70. The van der Waals surface area contributed by atoms with E-state index in [1.807, 2.05) is 0 Å². The average Bonchev–Trinajstić information content (AvgIpc) is 2.75. The summed E-state index contributed by atoms with van der Waals surface area (Å²) in [6, 6.07) is 2.15. The Labute approximate surface area is 92.8 Å². The highest BCUT2D eigenvalue weighted by atomic mass is 16.5. The third-order valence-electron chi connectivity index (χ3n) is 2.83. The summed E-state index contributed by atoms with van der Waals surface area (Å²) >= 11 is 0. The Hall–Kier alpha value is -0.590. The van der Waals surface area contributed by atoms with Crippen molar-refractivity contribution in [3.8, 4) is 6.07 Å². The van der Waals surface area contributed by atoms with Gasteiger partial charge in [-0.3, -0.25) is 0 Å². The number of rotatable bonds is 8. The Bertz CT molecular complexity index is 183. The Morgan fingerprint density at radius 3 is 2.73 bits per heavy atom. The van der Waals surface area contributed by atoms with Crippen LogP contribution in [0.2, 0.25) is 0 Å². The van der Waals surface area contributed by atoms with E-state index in [1.165, 1.54) is 25.7 Å². The largest absolute Gasteiger partial charge is 0.377 e. The van der Waals surface area contributed by atoms with Crippen LogP contribution < -0.4 is 5.32 Å². The molecule has 0 aromatic rings. The predicted molar refractivity (Wildman–Crippen MR) is 60.5 cm³/mol. The molecule has 0 spiro atoms. The highest BCUT2D eigenvalue weighted by Gasteiger charge is 2.14. The molecule has 1 rings (SSSR count). The molecule has 0 saturated heterocycles. The molecule has 1 saturated carbocycles. The molecule has 1 fully saturated rings. The fraction of sp³-hybridized carbons (Fsp3) is 0.917. The van der Waals surface area contributed by atoms with Crippen molar-refractivity contribution >= 4 is 0 Å². The zero-order chi connectivity index (χ0) is 10.8. The minimum Gasteiger partial charge on any atom is -0.377 e. The number of hydrogen-bond acceptors (Lipinski definition) is 3. The molecule has 1 N–H and O–H groups in total. The molecule has 1 aliphatic carbocycles. The minimum atomic E-state index is 0.533. The molecule has 3 nitrogen and oxygen atoms in total. The standard InChI is InChI=1S/C12H22N2O/c13-8-4-1-5-9-14-10-11-15-12-6-2-3-7-12/h12,14H,1-7,9-11H2. The van der Waals surface area contributed by atoms with Crippen molar-refractivity contribution in [2.75, 3.05) is 19.7 Å². The van der Waals surface area contributed by atoms with Crippen molar-refractivity contribution in [3.63, 3.8) is 0 Å². The van der Waals surface area contributed by atoms with Crippen molar-refractivity contribution < 1.29 is 4.74 Å². The summed E-state index contributed by atoms with van der Waals surface area (Å²) < 4.78 is 5.72. The van der Waals surface area contributed by atoms with Crippen molar-refractivity contribution in [1.82, 2.24) is 5.32 Å². The second-order valence-corrected chi connectivity index (χ2v) is 4.14. The maximum absolute atomic E-state index is 8.34. The van der Waals surface area contributed by atoms with Gasteiger partial charge in [-0.1, -0.05) is 12.8 Å². The van der Waals surface area contributed by atoms with Crippen LogP contribution in [0.4, 0.5) is 0 Å². The Morgan fingerprint density at radius 2 is 2.00 bits per heavy atom. The molecule has 1 aliphatic rings. The third-order valence-corrected chi connectivity index (χ3v) is 2.83. The fourth-order valence-electron chi connectivity index (χ4n) is 1.93. The highest BCUT2D eigenvalue weighted by Crippen LogP contribution is 2.20. The molecule has 0 unspecified atom stereocenters. The van der Waals surface area contributed by atoms with Crippen molar-refractivity contribution in [2.24, 2.45) is 0 Å². The summed E-state index contributed by atoms with van der Waals surface area (Å²) in [5.74, 6) is 0. The van der Waals surface area contributed by atoms with Gasteiger partial charge in [-0.05, 0) is 32.2 Å².